The second kappa shape index (κ2) is 6.00. The van der Waals surface area contributed by atoms with Gasteiger partial charge in [-0.25, -0.2) is 0 Å². The number of ether oxygens (including phenoxy) is 1. The molecule has 0 atom stereocenters. The van der Waals surface area contributed by atoms with Crippen molar-refractivity contribution in [2.75, 3.05) is 0 Å². The first-order chi connectivity index (χ1) is 9.90. The Morgan fingerprint density at radius 1 is 1.52 bits per heavy atom. The first-order valence-electron chi connectivity index (χ1n) is 5.84. The highest BCUT2D eigenvalue weighted by Crippen LogP contribution is 2.35. The number of carbonyl (C=O) groups is 1. The number of ketones is 1. The Kier molecular flexibility index (Phi) is 4.32. The molecule has 0 unspecified atom stereocenters. The van der Waals surface area contributed by atoms with Crippen LogP contribution in [0, 0.1) is 10.1 Å². The number of nitro groups is 1. The number of hydrogen-bond acceptors (Lipinski definition) is 6. The molecule has 2 rings (SSSR count). The molecule has 1 aromatic heterocycles. The fourth-order valence-corrected chi connectivity index (χ4v) is 2.15. The van der Waals surface area contributed by atoms with Gasteiger partial charge in [-0.05, 0) is 13.0 Å². The first-order valence-corrected chi connectivity index (χ1v) is 6.64. The minimum absolute atomic E-state index is 0.0285. The van der Waals surface area contributed by atoms with Crippen LogP contribution in [0.5, 0.6) is 5.75 Å². The monoisotopic (exact) mass is 354 g/mol. The minimum Gasteiger partial charge on any atom is -0.478 e. The molecule has 8 nitrogen and oxygen atoms in total. The van der Waals surface area contributed by atoms with Crippen LogP contribution >= 0.6 is 15.9 Å². The van der Waals surface area contributed by atoms with Gasteiger partial charge in [-0.2, -0.15) is 0 Å². The predicted molar refractivity (Wildman–Crippen MR) is 76.1 cm³/mol. The van der Waals surface area contributed by atoms with Crippen LogP contribution in [0.4, 0.5) is 5.69 Å². The molecular weight excluding hydrogens is 344 g/mol. The van der Waals surface area contributed by atoms with Crippen molar-refractivity contribution < 1.29 is 14.5 Å². The molecule has 0 fully saturated rings. The molecule has 0 bridgehead atoms. The Labute approximate surface area is 128 Å². The quantitative estimate of drug-likeness (QED) is 0.463. The van der Waals surface area contributed by atoms with Crippen LogP contribution in [0.3, 0.4) is 0 Å². The molecule has 0 aliphatic heterocycles. The fourth-order valence-electron chi connectivity index (χ4n) is 1.70. The van der Waals surface area contributed by atoms with E-state index in [2.05, 4.69) is 26.1 Å². The van der Waals surface area contributed by atoms with Gasteiger partial charge in [-0.3, -0.25) is 14.9 Å². The highest BCUT2D eigenvalue weighted by Gasteiger charge is 2.23. The molecule has 9 heteroatoms. The number of aromatic nitrogens is 3. The topological polar surface area (TPSA) is 100 Å². The number of nitrogens with zero attached hydrogens (tertiary/aromatic N) is 4. The normalized spacial score (nSPS) is 10.4. The number of benzene rings is 1. The summed E-state index contributed by atoms with van der Waals surface area (Å²) in [4.78, 5) is 22.2. The van der Waals surface area contributed by atoms with Crippen molar-refractivity contribution in [1.29, 1.82) is 0 Å². The van der Waals surface area contributed by atoms with Gasteiger partial charge < -0.3 is 9.30 Å². The molecule has 0 N–H and O–H groups in total. The third-order valence-electron chi connectivity index (χ3n) is 2.76. The standard InChI is InChI=1S/C12H11BrN4O4/c1-7(18)9-3-8(13)4-10(17(19)20)12(9)21-5-11-15-14-6-16(11)2/h3-4,6H,5H2,1-2H3. The van der Waals surface area contributed by atoms with E-state index in [0.717, 1.165) is 0 Å². The largest absolute Gasteiger partial charge is 0.478 e. The molecule has 0 saturated carbocycles. The number of halogens is 1. The molecule has 1 aromatic carbocycles. The van der Waals surface area contributed by atoms with Gasteiger partial charge in [-0.15, -0.1) is 10.2 Å². The lowest BCUT2D eigenvalue weighted by molar-refractivity contribution is -0.386. The number of rotatable bonds is 5. The Bertz CT molecular complexity index is 678. The van der Waals surface area contributed by atoms with E-state index in [1.54, 1.807) is 11.6 Å². The van der Waals surface area contributed by atoms with Crippen molar-refractivity contribution in [3.05, 3.63) is 44.4 Å². The van der Waals surface area contributed by atoms with Crippen molar-refractivity contribution in [2.45, 2.75) is 13.5 Å². The highest BCUT2D eigenvalue weighted by atomic mass is 79.9. The SMILES string of the molecule is CC(=O)c1cc(Br)cc([N+](=O)[O-])c1OCc1nncn1C. The smallest absolute Gasteiger partial charge is 0.312 e. The van der Waals surface area contributed by atoms with E-state index in [1.807, 2.05) is 0 Å². The van der Waals surface area contributed by atoms with Crippen LogP contribution in [0.15, 0.2) is 22.9 Å². The lowest BCUT2D eigenvalue weighted by Crippen LogP contribution is -2.08. The summed E-state index contributed by atoms with van der Waals surface area (Å²) in [5.41, 5.74) is -0.144. The first kappa shape index (κ1) is 15.1. The van der Waals surface area contributed by atoms with Crippen LogP contribution in [0.2, 0.25) is 0 Å². The number of nitro benzene ring substituents is 1. The van der Waals surface area contributed by atoms with Gasteiger partial charge in [0.15, 0.2) is 11.6 Å². The van der Waals surface area contributed by atoms with Gasteiger partial charge in [0, 0.05) is 17.6 Å². The molecule has 110 valence electrons. The van der Waals surface area contributed by atoms with Crippen LogP contribution in [-0.4, -0.2) is 25.5 Å². The van der Waals surface area contributed by atoms with Gasteiger partial charge in [-0.1, -0.05) is 15.9 Å². The van der Waals surface area contributed by atoms with E-state index in [1.165, 1.54) is 25.4 Å². The maximum atomic E-state index is 11.7. The van der Waals surface area contributed by atoms with E-state index in [9.17, 15) is 14.9 Å². The van der Waals surface area contributed by atoms with Crippen molar-refractivity contribution in [1.82, 2.24) is 14.8 Å². The van der Waals surface area contributed by atoms with Gasteiger partial charge in [0.1, 0.15) is 12.9 Å². The molecular formula is C12H11BrN4O4. The zero-order valence-corrected chi connectivity index (χ0v) is 12.8. The lowest BCUT2D eigenvalue weighted by Gasteiger charge is -2.10. The zero-order valence-electron chi connectivity index (χ0n) is 11.2. The van der Waals surface area contributed by atoms with E-state index in [0.29, 0.717) is 10.3 Å². The predicted octanol–water partition coefficient (Wildman–Crippen LogP) is 2.27. The van der Waals surface area contributed by atoms with Crippen molar-refractivity contribution >= 4 is 27.4 Å². The molecule has 0 aliphatic rings. The molecule has 1 heterocycles. The summed E-state index contributed by atoms with van der Waals surface area (Å²) >= 11 is 3.15. The second-order valence-electron chi connectivity index (χ2n) is 4.26. The Morgan fingerprint density at radius 3 is 2.76 bits per heavy atom. The van der Waals surface area contributed by atoms with Crippen LogP contribution in [0.25, 0.3) is 0 Å². The second-order valence-corrected chi connectivity index (χ2v) is 5.18. The van der Waals surface area contributed by atoms with E-state index >= 15 is 0 Å². The Balaban J connectivity index is 2.42. The van der Waals surface area contributed by atoms with Gasteiger partial charge in [0.25, 0.3) is 0 Å². The summed E-state index contributed by atoms with van der Waals surface area (Å²) < 4.78 is 7.52. The van der Waals surface area contributed by atoms with Crippen molar-refractivity contribution in [3.8, 4) is 5.75 Å². The third-order valence-corrected chi connectivity index (χ3v) is 3.22. The molecule has 0 aliphatic carbocycles. The van der Waals surface area contributed by atoms with Gasteiger partial charge in [0.05, 0.1) is 10.5 Å². The fraction of sp³-hybridized carbons (Fsp3) is 0.250. The molecule has 0 radical (unpaired) electrons. The Hall–Kier alpha value is -2.29. The van der Waals surface area contributed by atoms with Gasteiger partial charge >= 0.3 is 5.69 Å². The number of carbonyl (C=O) groups excluding carboxylic acids is 1. The summed E-state index contributed by atoms with van der Waals surface area (Å²) in [6.07, 6.45) is 1.49. The van der Waals surface area contributed by atoms with E-state index in [4.69, 9.17) is 4.74 Å². The van der Waals surface area contributed by atoms with Crippen LogP contribution in [-0.2, 0) is 13.7 Å². The number of aryl methyl sites for hydroxylation is 1. The average Bonchev–Trinajstić information content (AvgIpc) is 2.81. The van der Waals surface area contributed by atoms with Crippen LogP contribution < -0.4 is 4.74 Å². The molecule has 2 aromatic rings. The van der Waals surface area contributed by atoms with E-state index in [-0.39, 0.29) is 29.4 Å². The summed E-state index contributed by atoms with van der Waals surface area (Å²) in [5, 5.41) is 18.6. The summed E-state index contributed by atoms with van der Waals surface area (Å²) in [6, 6.07) is 2.78. The molecule has 21 heavy (non-hydrogen) atoms. The maximum Gasteiger partial charge on any atom is 0.312 e. The Morgan fingerprint density at radius 2 is 2.24 bits per heavy atom. The molecule has 0 amide bonds. The lowest BCUT2D eigenvalue weighted by atomic mass is 10.1. The van der Waals surface area contributed by atoms with Crippen LogP contribution in [0.1, 0.15) is 23.1 Å². The van der Waals surface area contributed by atoms with Gasteiger partial charge in [0.2, 0.25) is 5.75 Å². The highest BCUT2D eigenvalue weighted by molar-refractivity contribution is 9.10. The summed E-state index contributed by atoms with van der Waals surface area (Å²) in [6.45, 7) is 1.29. The van der Waals surface area contributed by atoms with Crippen molar-refractivity contribution in [3.63, 3.8) is 0 Å². The molecule has 0 saturated heterocycles. The van der Waals surface area contributed by atoms with E-state index < -0.39 is 4.92 Å². The number of Topliss-reactive ketones (excluding diaryl/α,β-unsaturated/α-hetero) is 1. The summed E-state index contributed by atoms with van der Waals surface area (Å²) in [5.74, 6) is 0.0905. The minimum atomic E-state index is -0.594. The molecule has 0 spiro atoms. The third kappa shape index (κ3) is 3.24. The maximum absolute atomic E-state index is 11.7. The number of hydrogen-bond donors (Lipinski definition) is 0. The summed E-state index contributed by atoms with van der Waals surface area (Å²) in [7, 11) is 1.72. The zero-order chi connectivity index (χ0) is 15.6. The van der Waals surface area contributed by atoms with Crippen molar-refractivity contribution in [2.24, 2.45) is 7.05 Å². The average molecular weight is 355 g/mol.